The van der Waals surface area contributed by atoms with Gasteiger partial charge in [0.1, 0.15) is 0 Å². The van der Waals surface area contributed by atoms with Crippen molar-refractivity contribution in [1.82, 2.24) is 0 Å². The van der Waals surface area contributed by atoms with Crippen LogP contribution in [-0.4, -0.2) is 44.9 Å². The average molecular weight is 206 g/mol. The van der Waals surface area contributed by atoms with Crippen molar-refractivity contribution in [2.45, 2.75) is 12.8 Å². The van der Waals surface area contributed by atoms with Crippen molar-refractivity contribution in [1.29, 1.82) is 0 Å². The Kier molecular flexibility index (Phi) is 4.03. The lowest BCUT2D eigenvalue weighted by atomic mass is 9.83. The SMILES string of the molecule is O=C(O)C(CCCO)(C(=O)O)C(=O)O. The van der Waals surface area contributed by atoms with E-state index < -0.39 is 36.4 Å². The number of hydrogen-bond acceptors (Lipinski definition) is 4. The maximum absolute atomic E-state index is 10.6. The van der Waals surface area contributed by atoms with Gasteiger partial charge in [0.2, 0.25) is 0 Å². The zero-order valence-electron chi connectivity index (χ0n) is 7.13. The first-order valence-corrected chi connectivity index (χ1v) is 3.70. The highest BCUT2D eigenvalue weighted by molar-refractivity contribution is 6.16. The van der Waals surface area contributed by atoms with Gasteiger partial charge in [-0.15, -0.1) is 0 Å². The van der Waals surface area contributed by atoms with Crippen LogP contribution in [-0.2, 0) is 14.4 Å². The van der Waals surface area contributed by atoms with E-state index in [4.69, 9.17) is 20.4 Å². The zero-order valence-corrected chi connectivity index (χ0v) is 7.13. The standard InChI is InChI=1S/C7H10O7/c8-3-1-2-7(4(9)10,5(11)12)6(13)14/h8H,1-3H2,(H,9,10)(H,11,12)(H,13,14). The molecule has 80 valence electrons. The number of rotatable bonds is 6. The molecule has 7 heteroatoms. The number of carbonyl (C=O) groups is 3. The minimum Gasteiger partial charge on any atom is -0.480 e. The van der Waals surface area contributed by atoms with Crippen LogP contribution in [0.3, 0.4) is 0 Å². The van der Waals surface area contributed by atoms with E-state index >= 15 is 0 Å². The first-order chi connectivity index (χ1) is 6.39. The number of aliphatic carboxylic acids is 3. The summed E-state index contributed by atoms with van der Waals surface area (Å²) in [6.07, 6.45) is -0.853. The first-order valence-electron chi connectivity index (χ1n) is 3.70. The van der Waals surface area contributed by atoms with Crippen LogP contribution >= 0.6 is 0 Å². The second kappa shape index (κ2) is 4.56. The molecule has 0 rings (SSSR count). The van der Waals surface area contributed by atoms with E-state index in [-0.39, 0.29) is 6.42 Å². The van der Waals surface area contributed by atoms with E-state index in [1.54, 1.807) is 0 Å². The molecule has 7 nitrogen and oxygen atoms in total. The Labute approximate surface area is 78.6 Å². The molecule has 0 atom stereocenters. The average Bonchev–Trinajstić information content (AvgIpc) is 2.03. The summed E-state index contributed by atoms with van der Waals surface area (Å²) in [5.41, 5.74) is -2.86. The summed E-state index contributed by atoms with van der Waals surface area (Å²) >= 11 is 0. The molecule has 4 N–H and O–H groups in total. The molecule has 0 aliphatic rings. The van der Waals surface area contributed by atoms with Crippen LogP contribution in [0.4, 0.5) is 0 Å². The molecule has 0 aliphatic heterocycles. The van der Waals surface area contributed by atoms with Gasteiger partial charge in [-0.25, -0.2) is 0 Å². The molecular weight excluding hydrogens is 196 g/mol. The van der Waals surface area contributed by atoms with Gasteiger partial charge in [0, 0.05) is 6.61 Å². The third-order valence-corrected chi connectivity index (χ3v) is 1.81. The van der Waals surface area contributed by atoms with Gasteiger partial charge in [-0.2, -0.15) is 0 Å². The predicted molar refractivity (Wildman–Crippen MR) is 41.7 cm³/mol. The van der Waals surface area contributed by atoms with Crippen LogP contribution in [0, 0.1) is 5.41 Å². The largest absolute Gasteiger partial charge is 0.480 e. The molecule has 0 aromatic heterocycles. The molecule has 0 amide bonds. The van der Waals surface area contributed by atoms with Crippen LogP contribution in [0.5, 0.6) is 0 Å². The van der Waals surface area contributed by atoms with Crippen molar-refractivity contribution >= 4 is 17.9 Å². The molecule has 14 heavy (non-hydrogen) atoms. The fourth-order valence-corrected chi connectivity index (χ4v) is 0.939. The van der Waals surface area contributed by atoms with Crippen molar-refractivity contribution < 1.29 is 34.8 Å². The van der Waals surface area contributed by atoms with Crippen LogP contribution in [0.15, 0.2) is 0 Å². The number of hydrogen-bond donors (Lipinski definition) is 4. The monoisotopic (exact) mass is 206 g/mol. The van der Waals surface area contributed by atoms with Gasteiger partial charge in [-0.05, 0) is 12.8 Å². The van der Waals surface area contributed by atoms with Crippen LogP contribution in [0.25, 0.3) is 0 Å². The lowest BCUT2D eigenvalue weighted by Gasteiger charge is -2.18. The topological polar surface area (TPSA) is 132 Å². The van der Waals surface area contributed by atoms with Gasteiger partial charge in [0.05, 0.1) is 0 Å². The Balaban J connectivity index is 5.06. The highest BCUT2D eigenvalue weighted by atomic mass is 16.4. The molecule has 0 aromatic rings. The molecule has 0 aromatic carbocycles. The lowest BCUT2D eigenvalue weighted by molar-refractivity contribution is -0.176. The summed E-state index contributed by atoms with van der Waals surface area (Å²) in [5.74, 6) is -5.82. The number of aliphatic hydroxyl groups is 1. The fourth-order valence-electron chi connectivity index (χ4n) is 0.939. The summed E-state index contributed by atoms with van der Waals surface area (Å²) < 4.78 is 0. The summed E-state index contributed by atoms with van der Waals surface area (Å²) in [6, 6.07) is 0. The van der Waals surface area contributed by atoms with Crippen molar-refractivity contribution in [2.75, 3.05) is 6.61 Å². The summed E-state index contributed by atoms with van der Waals surface area (Å²) in [7, 11) is 0. The molecule has 0 radical (unpaired) electrons. The van der Waals surface area contributed by atoms with Crippen molar-refractivity contribution in [3.63, 3.8) is 0 Å². The van der Waals surface area contributed by atoms with E-state index in [0.717, 1.165) is 0 Å². The maximum Gasteiger partial charge on any atom is 0.332 e. The molecule has 0 unspecified atom stereocenters. The summed E-state index contributed by atoms with van der Waals surface area (Å²) in [4.78, 5) is 31.7. The summed E-state index contributed by atoms with van der Waals surface area (Å²) in [5, 5.41) is 34.0. The Morgan fingerprint density at radius 3 is 1.50 bits per heavy atom. The van der Waals surface area contributed by atoms with Crippen LogP contribution in [0.1, 0.15) is 12.8 Å². The summed E-state index contributed by atoms with van der Waals surface area (Å²) in [6.45, 7) is -0.463. The molecular formula is C7H10O7. The Morgan fingerprint density at radius 1 is 0.929 bits per heavy atom. The van der Waals surface area contributed by atoms with E-state index in [1.165, 1.54) is 0 Å². The molecule has 0 fully saturated rings. The van der Waals surface area contributed by atoms with Gasteiger partial charge in [0.25, 0.3) is 5.41 Å². The molecule has 0 aliphatic carbocycles. The second-order valence-corrected chi connectivity index (χ2v) is 2.65. The van der Waals surface area contributed by atoms with E-state index in [9.17, 15) is 14.4 Å². The smallest absolute Gasteiger partial charge is 0.332 e. The van der Waals surface area contributed by atoms with Crippen LogP contribution in [0.2, 0.25) is 0 Å². The van der Waals surface area contributed by atoms with Gasteiger partial charge in [-0.1, -0.05) is 0 Å². The van der Waals surface area contributed by atoms with Crippen molar-refractivity contribution in [3.05, 3.63) is 0 Å². The highest BCUT2D eigenvalue weighted by Gasteiger charge is 2.53. The molecule has 0 spiro atoms. The quantitative estimate of drug-likeness (QED) is 0.409. The molecule has 0 saturated heterocycles. The van der Waals surface area contributed by atoms with Gasteiger partial charge < -0.3 is 20.4 Å². The molecule has 0 bridgehead atoms. The third-order valence-electron chi connectivity index (χ3n) is 1.81. The molecule has 0 heterocycles. The van der Waals surface area contributed by atoms with Gasteiger partial charge in [0.15, 0.2) is 0 Å². The normalized spacial score (nSPS) is 10.9. The maximum atomic E-state index is 10.6. The zero-order chi connectivity index (χ0) is 11.4. The lowest BCUT2D eigenvalue weighted by Crippen LogP contribution is -2.46. The Hall–Kier alpha value is -1.63. The van der Waals surface area contributed by atoms with Crippen molar-refractivity contribution in [2.24, 2.45) is 5.41 Å². The van der Waals surface area contributed by atoms with E-state index in [1.807, 2.05) is 0 Å². The van der Waals surface area contributed by atoms with Crippen molar-refractivity contribution in [3.8, 4) is 0 Å². The highest BCUT2D eigenvalue weighted by Crippen LogP contribution is 2.25. The third kappa shape index (κ3) is 1.99. The Morgan fingerprint density at radius 2 is 1.29 bits per heavy atom. The second-order valence-electron chi connectivity index (χ2n) is 2.65. The van der Waals surface area contributed by atoms with E-state index in [2.05, 4.69) is 0 Å². The number of aliphatic hydroxyl groups excluding tert-OH is 1. The number of carboxylic acids is 3. The first kappa shape index (κ1) is 12.4. The van der Waals surface area contributed by atoms with Gasteiger partial charge >= 0.3 is 17.9 Å². The minimum atomic E-state index is -2.86. The van der Waals surface area contributed by atoms with Gasteiger partial charge in [-0.3, -0.25) is 14.4 Å². The molecule has 0 saturated carbocycles. The van der Waals surface area contributed by atoms with E-state index in [0.29, 0.717) is 0 Å². The van der Waals surface area contributed by atoms with Crippen LogP contribution < -0.4 is 0 Å². The fraction of sp³-hybridized carbons (Fsp3) is 0.571. The minimum absolute atomic E-state index is 0.203. The Bertz CT molecular complexity index is 221. The predicted octanol–water partition coefficient (Wildman–Crippen LogP) is -1.00. The number of carboxylic acid groups (broad SMARTS) is 3.